The number of hydrogen-bond acceptors (Lipinski definition) is 7. The average molecular weight is 277 g/mol. The van der Waals surface area contributed by atoms with E-state index in [1.165, 1.54) is 6.92 Å². The van der Waals surface area contributed by atoms with Crippen molar-refractivity contribution in [3.8, 4) is 0 Å². The third-order valence-corrected chi connectivity index (χ3v) is 2.79. The molecule has 8 heteroatoms. The third-order valence-electron chi connectivity index (χ3n) is 2.79. The molecule has 0 radical (unpaired) electrons. The highest BCUT2D eigenvalue weighted by molar-refractivity contribution is 5.73. The zero-order valence-electron chi connectivity index (χ0n) is 10.8. The molecule has 0 aliphatic carbocycles. The van der Waals surface area contributed by atoms with Gasteiger partial charge >= 0.3 is 5.97 Å². The first kappa shape index (κ1) is 15.8. The Hall–Kier alpha value is -1.22. The van der Waals surface area contributed by atoms with Gasteiger partial charge in [0.25, 0.3) is 0 Å². The van der Waals surface area contributed by atoms with E-state index in [0.29, 0.717) is 0 Å². The molecule has 0 aromatic carbocycles. The Labute approximate surface area is 110 Å². The largest absolute Gasteiger partial charge is 0.433 e. The van der Waals surface area contributed by atoms with Crippen LogP contribution in [0.5, 0.6) is 0 Å². The molecule has 1 rings (SSSR count). The highest BCUT2D eigenvalue weighted by Crippen LogP contribution is 2.22. The lowest BCUT2D eigenvalue weighted by Crippen LogP contribution is -2.64. The second kappa shape index (κ2) is 6.80. The molecule has 1 saturated heterocycles. The first-order valence-electron chi connectivity index (χ1n) is 5.99. The summed E-state index contributed by atoms with van der Waals surface area (Å²) in [5.41, 5.74) is 0. The summed E-state index contributed by atoms with van der Waals surface area (Å²) < 4.78 is 10.1. The van der Waals surface area contributed by atoms with E-state index in [2.05, 4.69) is 5.32 Å². The molecule has 1 heterocycles. The minimum absolute atomic E-state index is 0.0924. The maximum atomic E-state index is 11.3. The van der Waals surface area contributed by atoms with E-state index in [-0.39, 0.29) is 6.42 Å². The van der Waals surface area contributed by atoms with Crippen LogP contribution in [0.25, 0.3) is 0 Å². The van der Waals surface area contributed by atoms with Gasteiger partial charge in [-0.2, -0.15) is 0 Å². The average Bonchev–Trinajstić information content (AvgIpc) is 2.37. The fraction of sp³-hybridized carbons (Fsp3) is 0.818. The Kier molecular flexibility index (Phi) is 5.67. The molecule has 4 N–H and O–H groups in total. The molecule has 1 aliphatic rings. The van der Waals surface area contributed by atoms with E-state index in [1.807, 2.05) is 0 Å². The van der Waals surface area contributed by atoms with E-state index >= 15 is 0 Å². The van der Waals surface area contributed by atoms with Crippen LogP contribution in [0.3, 0.4) is 0 Å². The topological polar surface area (TPSA) is 125 Å². The van der Waals surface area contributed by atoms with E-state index in [4.69, 9.17) is 14.6 Å². The van der Waals surface area contributed by atoms with Crippen LogP contribution in [0, 0.1) is 0 Å². The Bertz CT molecular complexity index is 335. The number of aliphatic hydroxyl groups is 3. The fourth-order valence-electron chi connectivity index (χ4n) is 1.78. The van der Waals surface area contributed by atoms with Gasteiger partial charge in [0, 0.05) is 13.3 Å². The predicted octanol–water partition coefficient (Wildman–Crippen LogP) is -2.12. The summed E-state index contributed by atoms with van der Waals surface area (Å²) >= 11 is 0. The first-order valence-corrected chi connectivity index (χ1v) is 5.99. The molecule has 1 unspecified atom stereocenters. The summed E-state index contributed by atoms with van der Waals surface area (Å²) in [5.74, 6) is -1.06. The Morgan fingerprint density at radius 3 is 2.42 bits per heavy atom. The first-order chi connectivity index (χ1) is 8.90. The standard InChI is InChI=1S/C11H19NO7/c1-3-7(15)19-11-8(12-5(2)14)10(17)9(16)6(4-13)18-11/h6,8-11,13,16-17H,3-4H2,1-2H3,(H,12,14)/t6-,8+,9-,10-,11?/m1/s1. The number of ether oxygens (including phenoxy) is 2. The normalized spacial score (nSPS) is 34.7. The SMILES string of the molecule is CCC(=O)OC1O[C@H](CO)[C@@H](O)[C@H](O)[C@@H]1NC(C)=O. The summed E-state index contributed by atoms with van der Waals surface area (Å²) in [6, 6.07) is -1.09. The van der Waals surface area contributed by atoms with Gasteiger partial charge in [-0.1, -0.05) is 6.92 Å². The van der Waals surface area contributed by atoms with E-state index in [1.54, 1.807) is 6.92 Å². The van der Waals surface area contributed by atoms with Gasteiger partial charge in [0.2, 0.25) is 12.2 Å². The van der Waals surface area contributed by atoms with Gasteiger partial charge < -0.3 is 30.1 Å². The zero-order chi connectivity index (χ0) is 14.6. The summed E-state index contributed by atoms with van der Waals surface area (Å²) in [5, 5.41) is 31.0. The summed E-state index contributed by atoms with van der Waals surface area (Å²) in [7, 11) is 0. The van der Waals surface area contributed by atoms with Crippen molar-refractivity contribution in [3.63, 3.8) is 0 Å². The van der Waals surface area contributed by atoms with Crippen molar-refractivity contribution in [1.29, 1.82) is 0 Å². The molecule has 19 heavy (non-hydrogen) atoms. The molecule has 0 aromatic rings. The van der Waals surface area contributed by atoms with Crippen molar-refractivity contribution in [1.82, 2.24) is 5.32 Å². The summed E-state index contributed by atoms with van der Waals surface area (Å²) in [6.45, 7) is 2.24. The van der Waals surface area contributed by atoms with Gasteiger partial charge in [0.1, 0.15) is 24.4 Å². The lowest BCUT2D eigenvalue weighted by atomic mass is 9.97. The Morgan fingerprint density at radius 1 is 1.32 bits per heavy atom. The Morgan fingerprint density at radius 2 is 1.95 bits per heavy atom. The molecule has 1 aliphatic heterocycles. The number of carbonyl (C=O) groups is 2. The fourth-order valence-corrected chi connectivity index (χ4v) is 1.78. The minimum Gasteiger partial charge on any atom is -0.433 e. The van der Waals surface area contributed by atoms with Gasteiger partial charge in [-0.05, 0) is 0 Å². The van der Waals surface area contributed by atoms with Crippen LogP contribution in [-0.4, -0.2) is 64.4 Å². The number of esters is 1. The van der Waals surface area contributed by atoms with Gasteiger partial charge in [0.05, 0.1) is 6.61 Å². The van der Waals surface area contributed by atoms with Crippen LogP contribution in [0.1, 0.15) is 20.3 Å². The van der Waals surface area contributed by atoms with E-state index < -0.39 is 49.1 Å². The molecule has 0 bridgehead atoms. The van der Waals surface area contributed by atoms with E-state index in [0.717, 1.165) is 0 Å². The zero-order valence-corrected chi connectivity index (χ0v) is 10.8. The third kappa shape index (κ3) is 3.87. The monoisotopic (exact) mass is 277 g/mol. The molecule has 1 amide bonds. The summed E-state index contributed by atoms with van der Waals surface area (Å²) in [6.07, 6.45) is -5.06. The lowest BCUT2D eigenvalue weighted by Gasteiger charge is -2.41. The highest BCUT2D eigenvalue weighted by Gasteiger charge is 2.46. The quantitative estimate of drug-likeness (QED) is 0.433. The second-order valence-corrected chi connectivity index (χ2v) is 4.28. The molecular formula is C11H19NO7. The van der Waals surface area contributed by atoms with Crippen LogP contribution in [0.4, 0.5) is 0 Å². The molecule has 0 spiro atoms. The van der Waals surface area contributed by atoms with Crippen LogP contribution < -0.4 is 5.32 Å². The van der Waals surface area contributed by atoms with Gasteiger partial charge in [0.15, 0.2) is 0 Å². The number of amides is 1. The second-order valence-electron chi connectivity index (χ2n) is 4.28. The molecule has 0 saturated carbocycles. The molecule has 110 valence electrons. The number of carbonyl (C=O) groups excluding carboxylic acids is 2. The predicted molar refractivity (Wildman–Crippen MR) is 61.7 cm³/mol. The van der Waals surface area contributed by atoms with Crippen LogP contribution in [0.15, 0.2) is 0 Å². The van der Waals surface area contributed by atoms with Crippen LogP contribution in [0.2, 0.25) is 0 Å². The maximum absolute atomic E-state index is 11.3. The van der Waals surface area contributed by atoms with Crippen molar-refractivity contribution in [2.45, 2.75) is 50.9 Å². The van der Waals surface area contributed by atoms with Gasteiger partial charge in [-0.25, -0.2) is 0 Å². The van der Waals surface area contributed by atoms with Gasteiger partial charge in [-0.3, -0.25) is 9.59 Å². The lowest BCUT2D eigenvalue weighted by molar-refractivity contribution is -0.263. The minimum atomic E-state index is -1.41. The number of nitrogens with one attached hydrogen (secondary N) is 1. The molecule has 0 aromatic heterocycles. The molecule has 8 nitrogen and oxygen atoms in total. The number of rotatable bonds is 4. The van der Waals surface area contributed by atoms with Crippen LogP contribution >= 0.6 is 0 Å². The molecule has 1 fully saturated rings. The smallest absolute Gasteiger partial charge is 0.307 e. The molecule has 5 atom stereocenters. The van der Waals surface area contributed by atoms with Crippen molar-refractivity contribution >= 4 is 11.9 Å². The van der Waals surface area contributed by atoms with Crippen molar-refractivity contribution in [3.05, 3.63) is 0 Å². The molecular weight excluding hydrogens is 258 g/mol. The Balaban J connectivity index is 2.86. The highest BCUT2D eigenvalue weighted by atomic mass is 16.7. The number of hydrogen-bond donors (Lipinski definition) is 4. The maximum Gasteiger partial charge on any atom is 0.307 e. The van der Waals surface area contributed by atoms with Crippen molar-refractivity contribution in [2.75, 3.05) is 6.61 Å². The van der Waals surface area contributed by atoms with Gasteiger partial charge in [-0.15, -0.1) is 0 Å². The van der Waals surface area contributed by atoms with Crippen LogP contribution in [-0.2, 0) is 19.1 Å². The summed E-state index contributed by atoms with van der Waals surface area (Å²) in [4.78, 5) is 22.3. The van der Waals surface area contributed by atoms with Crippen molar-refractivity contribution < 1.29 is 34.4 Å². The number of aliphatic hydroxyl groups excluding tert-OH is 3. The van der Waals surface area contributed by atoms with Crippen molar-refractivity contribution in [2.24, 2.45) is 0 Å². The van der Waals surface area contributed by atoms with E-state index in [9.17, 15) is 19.8 Å².